The first kappa shape index (κ1) is 18.0. The molecule has 2 aliphatic rings. The molecule has 2 aromatic carbocycles. The minimum atomic E-state index is -3.61. The Kier molecular flexibility index (Phi) is 4.63. The van der Waals surface area contributed by atoms with E-state index in [1.807, 2.05) is 17.0 Å². The third-order valence-electron chi connectivity index (χ3n) is 4.93. The lowest BCUT2D eigenvalue weighted by atomic mass is 10.0. The molecule has 1 N–H and O–H groups in total. The van der Waals surface area contributed by atoms with Crippen molar-refractivity contribution in [3.8, 4) is 0 Å². The van der Waals surface area contributed by atoms with Crippen molar-refractivity contribution >= 4 is 27.3 Å². The lowest BCUT2D eigenvalue weighted by molar-refractivity contribution is -0.119. The minimum Gasteiger partial charge on any atom is -0.312 e. The molecule has 0 unspecified atom stereocenters. The number of aryl methyl sites for hydroxylation is 1. The van der Waals surface area contributed by atoms with E-state index in [0.29, 0.717) is 11.3 Å². The van der Waals surface area contributed by atoms with Crippen molar-refractivity contribution < 1.29 is 17.6 Å². The molecule has 0 radical (unpaired) electrons. The van der Waals surface area contributed by atoms with E-state index in [4.69, 9.17) is 0 Å². The molecule has 2 aromatic rings. The Hall–Kier alpha value is -2.41. The van der Waals surface area contributed by atoms with E-state index in [-0.39, 0.29) is 17.6 Å². The summed E-state index contributed by atoms with van der Waals surface area (Å²) in [5.41, 5.74) is 2.87. The fraction of sp³-hybridized carbons (Fsp3) is 0.350. The SMILES string of the molecule is O=C(C1CC1)N1CCCc2cc(NS(=O)(=O)Cc3ccc(F)cc3)ccc21. The topological polar surface area (TPSA) is 66.5 Å². The lowest BCUT2D eigenvalue weighted by Crippen LogP contribution is -2.36. The van der Waals surface area contributed by atoms with Gasteiger partial charge in [-0.1, -0.05) is 12.1 Å². The van der Waals surface area contributed by atoms with E-state index in [1.165, 1.54) is 24.3 Å². The number of nitrogens with one attached hydrogen (secondary N) is 1. The number of halogens is 1. The quantitative estimate of drug-likeness (QED) is 0.853. The van der Waals surface area contributed by atoms with Gasteiger partial charge < -0.3 is 4.90 Å². The van der Waals surface area contributed by atoms with Gasteiger partial charge >= 0.3 is 0 Å². The molecular weight excluding hydrogens is 367 g/mol. The maximum absolute atomic E-state index is 13.0. The number of anilines is 2. The van der Waals surface area contributed by atoms with E-state index < -0.39 is 15.8 Å². The highest BCUT2D eigenvalue weighted by Crippen LogP contribution is 2.36. The second-order valence-electron chi connectivity index (χ2n) is 7.20. The van der Waals surface area contributed by atoms with Crippen molar-refractivity contribution in [3.63, 3.8) is 0 Å². The predicted molar refractivity (Wildman–Crippen MR) is 102 cm³/mol. The van der Waals surface area contributed by atoms with E-state index in [0.717, 1.165) is 43.5 Å². The molecule has 0 atom stereocenters. The highest BCUT2D eigenvalue weighted by molar-refractivity contribution is 7.91. The Morgan fingerprint density at radius 1 is 1.15 bits per heavy atom. The number of fused-ring (bicyclic) bond motifs is 1. The standard InChI is InChI=1S/C20H21FN2O3S/c21-17-7-3-14(4-8-17)13-27(25,26)22-18-9-10-19-16(12-18)2-1-11-23(19)20(24)15-5-6-15/h3-4,7-10,12,15,22H,1-2,5-6,11,13H2. The molecule has 0 bridgehead atoms. The summed E-state index contributed by atoms with van der Waals surface area (Å²) < 4.78 is 40.4. The van der Waals surface area contributed by atoms with Gasteiger partial charge in [0.1, 0.15) is 5.82 Å². The zero-order valence-corrected chi connectivity index (χ0v) is 15.6. The average molecular weight is 388 g/mol. The van der Waals surface area contributed by atoms with Crippen LogP contribution in [0.15, 0.2) is 42.5 Å². The van der Waals surface area contributed by atoms with Gasteiger partial charge in [0, 0.05) is 23.8 Å². The van der Waals surface area contributed by atoms with Crippen molar-refractivity contribution in [1.82, 2.24) is 0 Å². The van der Waals surface area contributed by atoms with Crippen LogP contribution in [0.4, 0.5) is 15.8 Å². The van der Waals surface area contributed by atoms with Crippen LogP contribution >= 0.6 is 0 Å². The van der Waals surface area contributed by atoms with Crippen LogP contribution in [0.2, 0.25) is 0 Å². The number of sulfonamides is 1. The largest absolute Gasteiger partial charge is 0.312 e. The Balaban J connectivity index is 1.51. The molecule has 0 spiro atoms. The van der Waals surface area contributed by atoms with Gasteiger partial charge in [0.25, 0.3) is 0 Å². The van der Waals surface area contributed by atoms with Crippen LogP contribution in [0.5, 0.6) is 0 Å². The van der Waals surface area contributed by atoms with Crippen molar-refractivity contribution in [3.05, 3.63) is 59.4 Å². The van der Waals surface area contributed by atoms with Crippen LogP contribution in [-0.2, 0) is 27.0 Å². The number of hydrogen-bond donors (Lipinski definition) is 1. The Labute approximate surface area is 158 Å². The minimum absolute atomic E-state index is 0.157. The normalized spacial score (nSPS) is 16.7. The van der Waals surface area contributed by atoms with Crippen LogP contribution in [0.25, 0.3) is 0 Å². The van der Waals surface area contributed by atoms with Crippen molar-refractivity contribution in [2.75, 3.05) is 16.2 Å². The third kappa shape index (κ3) is 4.13. The maximum atomic E-state index is 13.0. The van der Waals surface area contributed by atoms with E-state index in [1.54, 1.807) is 6.07 Å². The first-order chi connectivity index (χ1) is 12.9. The fourth-order valence-corrected chi connectivity index (χ4v) is 4.65. The van der Waals surface area contributed by atoms with Gasteiger partial charge in [-0.2, -0.15) is 0 Å². The van der Waals surface area contributed by atoms with Gasteiger partial charge in [-0.05, 0) is 67.1 Å². The third-order valence-corrected chi connectivity index (χ3v) is 6.19. The fourth-order valence-electron chi connectivity index (χ4n) is 3.46. The number of benzene rings is 2. The molecular formula is C20H21FN2O3S. The summed E-state index contributed by atoms with van der Waals surface area (Å²) in [7, 11) is -3.61. The van der Waals surface area contributed by atoms with Gasteiger partial charge in [0.05, 0.1) is 5.75 Å². The second kappa shape index (κ2) is 6.96. The number of carbonyl (C=O) groups is 1. The number of nitrogens with zero attached hydrogens (tertiary/aromatic N) is 1. The van der Waals surface area contributed by atoms with Crippen molar-refractivity contribution in [2.45, 2.75) is 31.4 Å². The van der Waals surface area contributed by atoms with Crippen LogP contribution in [0.3, 0.4) is 0 Å². The molecule has 1 amide bonds. The van der Waals surface area contributed by atoms with E-state index in [9.17, 15) is 17.6 Å². The molecule has 1 saturated carbocycles. The van der Waals surface area contributed by atoms with Gasteiger partial charge in [0.15, 0.2) is 0 Å². The first-order valence-electron chi connectivity index (χ1n) is 9.10. The van der Waals surface area contributed by atoms with E-state index in [2.05, 4.69) is 4.72 Å². The molecule has 1 heterocycles. The Morgan fingerprint density at radius 2 is 1.89 bits per heavy atom. The summed E-state index contributed by atoms with van der Waals surface area (Å²) >= 11 is 0. The van der Waals surface area contributed by atoms with Gasteiger partial charge in [0.2, 0.25) is 15.9 Å². The van der Waals surface area contributed by atoms with Crippen LogP contribution in [-0.4, -0.2) is 20.9 Å². The first-order valence-corrected chi connectivity index (χ1v) is 10.8. The summed E-state index contributed by atoms with van der Waals surface area (Å²) in [5, 5.41) is 0. The van der Waals surface area contributed by atoms with Gasteiger partial charge in [-0.15, -0.1) is 0 Å². The summed E-state index contributed by atoms with van der Waals surface area (Å²) in [5.74, 6) is -0.286. The molecule has 4 rings (SSSR count). The highest BCUT2D eigenvalue weighted by Gasteiger charge is 2.35. The predicted octanol–water partition coefficient (Wildman–Crippen LogP) is 3.46. The van der Waals surface area contributed by atoms with Crippen molar-refractivity contribution in [1.29, 1.82) is 0 Å². The Morgan fingerprint density at radius 3 is 2.59 bits per heavy atom. The maximum Gasteiger partial charge on any atom is 0.236 e. The van der Waals surface area contributed by atoms with Crippen LogP contribution in [0.1, 0.15) is 30.4 Å². The zero-order valence-electron chi connectivity index (χ0n) is 14.8. The second-order valence-corrected chi connectivity index (χ2v) is 8.92. The van der Waals surface area contributed by atoms with Crippen LogP contribution in [0, 0.1) is 11.7 Å². The molecule has 27 heavy (non-hydrogen) atoms. The summed E-state index contributed by atoms with van der Waals surface area (Å²) in [6.07, 6.45) is 3.62. The molecule has 1 fully saturated rings. The summed E-state index contributed by atoms with van der Waals surface area (Å²) in [6, 6.07) is 10.7. The van der Waals surface area contributed by atoms with Crippen LogP contribution < -0.4 is 9.62 Å². The summed E-state index contributed by atoms with van der Waals surface area (Å²) in [4.78, 5) is 14.3. The van der Waals surface area contributed by atoms with Gasteiger partial charge in [-0.3, -0.25) is 9.52 Å². The summed E-state index contributed by atoms with van der Waals surface area (Å²) in [6.45, 7) is 0.720. The zero-order chi connectivity index (χ0) is 19.0. The Bertz CT molecular complexity index is 969. The molecule has 0 saturated heterocycles. The molecule has 0 aromatic heterocycles. The molecule has 1 aliphatic carbocycles. The molecule has 5 nitrogen and oxygen atoms in total. The molecule has 1 aliphatic heterocycles. The highest BCUT2D eigenvalue weighted by atomic mass is 32.2. The molecule has 7 heteroatoms. The number of carbonyl (C=O) groups excluding carboxylic acids is 1. The van der Waals surface area contributed by atoms with Crippen molar-refractivity contribution in [2.24, 2.45) is 5.92 Å². The number of hydrogen-bond acceptors (Lipinski definition) is 3. The number of amides is 1. The van der Waals surface area contributed by atoms with Gasteiger partial charge in [-0.25, -0.2) is 12.8 Å². The monoisotopic (exact) mass is 388 g/mol. The number of rotatable bonds is 5. The average Bonchev–Trinajstić information content (AvgIpc) is 3.47. The molecule has 142 valence electrons. The lowest BCUT2D eigenvalue weighted by Gasteiger charge is -2.30. The van der Waals surface area contributed by atoms with E-state index >= 15 is 0 Å². The smallest absolute Gasteiger partial charge is 0.236 e.